The quantitative estimate of drug-likeness (QED) is 0.701. The average molecular weight is 216 g/mol. The Labute approximate surface area is 95.9 Å². The van der Waals surface area contributed by atoms with Gasteiger partial charge in [-0.2, -0.15) is 0 Å². The third-order valence-electron chi connectivity index (χ3n) is 3.48. The van der Waals surface area contributed by atoms with E-state index in [1.807, 2.05) is 0 Å². The summed E-state index contributed by atoms with van der Waals surface area (Å²) in [5.41, 5.74) is 0.617. The monoisotopic (exact) mass is 216 g/mol. The van der Waals surface area contributed by atoms with Crippen LogP contribution < -0.4 is 0 Å². The van der Waals surface area contributed by atoms with Gasteiger partial charge in [0.1, 0.15) is 0 Å². The van der Waals surface area contributed by atoms with E-state index < -0.39 is 0 Å². The van der Waals surface area contributed by atoms with E-state index in [0.717, 1.165) is 17.4 Å². The zero-order valence-electron chi connectivity index (χ0n) is 11.7. The van der Waals surface area contributed by atoms with E-state index >= 15 is 0 Å². The summed E-state index contributed by atoms with van der Waals surface area (Å²) < 4.78 is 0.977. The molecule has 0 saturated heterocycles. The summed E-state index contributed by atoms with van der Waals surface area (Å²) in [4.78, 5) is 0. The molecule has 0 rings (SSSR count). The van der Waals surface area contributed by atoms with Crippen LogP contribution in [0, 0.1) is 5.41 Å². The van der Waals surface area contributed by atoms with Crippen LogP contribution >= 0.6 is 0 Å². The molecular formula is C13H30NO+. The minimum Gasteiger partial charge on any atom is -0.396 e. The van der Waals surface area contributed by atoms with Crippen LogP contribution in [-0.4, -0.2) is 42.4 Å². The second-order valence-electron chi connectivity index (χ2n) is 7.04. The average Bonchev–Trinajstić information content (AvgIpc) is 1.96. The summed E-state index contributed by atoms with van der Waals surface area (Å²) in [6, 6.07) is 0. The van der Waals surface area contributed by atoms with E-state index in [0.29, 0.717) is 12.0 Å². The molecule has 0 spiro atoms. The summed E-state index contributed by atoms with van der Waals surface area (Å²) in [5.74, 6) is 0. The highest BCUT2D eigenvalue weighted by atomic mass is 16.3. The second-order valence-corrected chi connectivity index (χ2v) is 7.04. The lowest BCUT2D eigenvalue weighted by Gasteiger charge is -2.47. The topological polar surface area (TPSA) is 20.2 Å². The van der Waals surface area contributed by atoms with Gasteiger partial charge in [0.05, 0.1) is 26.2 Å². The van der Waals surface area contributed by atoms with Crippen molar-refractivity contribution in [3.63, 3.8) is 0 Å². The zero-order chi connectivity index (χ0) is 12.3. The van der Waals surface area contributed by atoms with Crippen molar-refractivity contribution in [3.8, 4) is 0 Å². The number of nitrogens with zero attached hydrogens (tertiary/aromatic N) is 1. The Morgan fingerprint density at radius 2 is 1.47 bits per heavy atom. The predicted octanol–water partition coefficient (Wildman–Crippen LogP) is 2.66. The molecule has 1 N–H and O–H groups in total. The molecule has 0 heterocycles. The Morgan fingerprint density at radius 1 is 1.00 bits per heavy atom. The highest BCUT2D eigenvalue weighted by Crippen LogP contribution is 2.33. The first-order chi connectivity index (χ1) is 6.52. The molecule has 0 aliphatic carbocycles. The maximum absolute atomic E-state index is 8.92. The predicted molar refractivity (Wildman–Crippen MR) is 66.8 cm³/mol. The van der Waals surface area contributed by atoms with Crippen LogP contribution in [0.5, 0.6) is 0 Å². The van der Waals surface area contributed by atoms with Crippen LogP contribution in [0.15, 0.2) is 0 Å². The Balaban J connectivity index is 4.54. The molecular weight excluding hydrogens is 186 g/mol. The van der Waals surface area contributed by atoms with Crippen LogP contribution in [0.25, 0.3) is 0 Å². The first-order valence-electron chi connectivity index (χ1n) is 5.96. The second kappa shape index (κ2) is 4.84. The van der Waals surface area contributed by atoms with Crippen LogP contribution in [0.1, 0.15) is 47.5 Å². The molecule has 2 nitrogen and oxygen atoms in total. The van der Waals surface area contributed by atoms with Crippen molar-refractivity contribution >= 4 is 0 Å². The molecule has 0 aromatic rings. The molecule has 0 aliphatic rings. The minimum atomic E-state index is 0.257. The molecule has 0 saturated carbocycles. The van der Waals surface area contributed by atoms with E-state index in [9.17, 15) is 0 Å². The molecule has 0 aromatic heterocycles. The molecule has 0 atom stereocenters. The Hall–Kier alpha value is -0.0800. The van der Waals surface area contributed by atoms with Crippen LogP contribution in [0.3, 0.4) is 0 Å². The lowest BCUT2D eigenvalue weighted by molar-refractivity contribution is -0.939. The molecule has 0 bridgehead atoms. The number of aliphatic hydroxyl groups is 1. The zero-order valence-corrected chi connectivity index (χ0v) is 11.7. The normalized spacial score (nSPS) is 14.4. The van der Waals surface area contributed by atoms with Gasteiger partial charge in [0, 0.05) is 19.4 Å². The van der Waals surface area contributed by atoms with E-state index in [2.05, 4.69) is 48.7 Å². The fourth-order valence-corrected chi connectivity index (χ4v) is 2.28. The molecule has 0 amide bonds. The molecule has 0 fully saturated rings. The van der Waals surface area contributed by atoms with Crippen LogP contribution in [-0.2, 0) is 0 Å². The summed E-state index contributed by atoms with van der Waals surface area (Å²) >= 11 is 0. The summed E-state index contributed by atoms with van der Waals surface area (Å²) in [7, 11) is 4.53. The maximum Gasteiger partial charge on any atom is 0.0936 e. The molecule has 0 unspecified atom stereocenters. The third-order valence-corrected chi connectivity index (χ3v) is 3.48. The molecule has 0 aliphatic heterocycles. The van der Waals surface area contributed by atoms with Crippen molar-refractivity contribution in [3.05, 3.63) is 0 Å². The van der Waals surface area contributed by atoms with Crippen LogP contribution in [0.2, 0.25) is 0 Å². The van der Waals surface area contributed by atoms with Crippen molar-refractivity contribution < 1.29 is 9.59 Å². The number of aliphatic hydroxyl groups excluding tert-OH is 1. The van der Waals surface area contributed by atoms with Gasteiger partial charge >= 0.3 is 0 Å². The first-order valence-corrected chi connectivity index (χ1v) is 5.96. The Morgan fingerprint density at radius 3 is 1.80 bits per heavy atom. The summed E-state index contributed by atoms with van der Waals surface area (Å²) in [6.07, 6.45) is 2.08. The van der Waals surface area contributed by atoms with Crippen molar-refractivity contribution in [1.29, 1.82) is 0 Å². The fraction of sp³-hybridized carbons (Fsp3) is 1.00. The molecule has 15 heavy (non-hydrogen) atoms. The van der Waals surface area contributed by atoms with Gasteiger partial charge in [-0.05, 0) is 19.3 Å². The molecule has 0 radical (unpaired) electrons. The van der Waals surface area contributed by atoms with Gasteiger partial charge in [-0.15, -0.1) is 0 Å². The highest BCUT2D eigenvalue weighted by Gasteiger charge is 2.39. The first kappa shape index (κ1) is 14.9. The summed E-state index contributed by atoms with van der Waals surface area (Å²) in [6.45, 7) is 12.9. The van der Waals surface area contributed by atoms with Crippen LogP contribution in [0.4, 0.5) is 0 Å². The van der Waals surface area contributed by atoms with E-state index in [1.165, 1.54) is 6.42 Å². The van der Waals surface area contributed by atoms with Gasteiger partial charge in [-0.25, -0.2) is 0 Å². The fourth-order valence-electron chi connectivity index (χ4n) is 2.28. The Bertz CT molecular complexity index is 189. The van der Waals surface area contributed by atoms with Crippen molar-refractivity contribution in [2.45, 2.75) is 53.0 Å². The van der Waals surface area contributed by atoms with Gasteiger partial charge in [0.2, 0.25) is 0 Å². The van der Waals surface area contributed by atoms with Gasteiger partial charge in [-0.1, -0.05) is 20.8 Å². The van der Waals surface area contributed by atoms with Gasteiger partial charge in [-0.3, -0.25) is 0 Å². The molecule has 92 valence electrons. The van der Waals surface area contributed by atoms with Gasteiger partial charge in [0.25, 0.3) is 0 Å². The minimum absolute atomic E-state index is 0.257. The standard InChI is InChI=1S/C13H30NO/c1-12(2,3)11-13(4,5)14(6,7)9-8-10-15/h15H,8-11H2,1-7H3/q+1. The van der Waals surface area contributed by atoms with Gasteiger partial charge in [0.15, 0.2) is 0 Å². The number of rotatable bonds is 5. The third kappa shape index (κ3) is 4.98. The largest absolute Gasteiger partial charge is 0.396 e. The highest BCUT2D eigenvalue weighted by molar-refractivity contribution is 4.77. The van der Waals surface area contributed by atoms with Gasteiger partial charge < -0.3 is 9.59 Å². The number of hydrogen-bond acceptors (Lipinski definition) is 1. The lowest BCUT2D eigenvalue weighted by atomic mass is 9.80. The summed E-state index contributed by atoms with van der Waals surface area (Å²) in [5, 5.41) is 8.92. The van der Waals surface area contributed by atoms with Crippen molar-refractivity contribution in [1.82, 2.24) is 0 Å². The van der Waals surface area contributed by atoms with E-state index in [1.54, 1.807) is 0 Å². The molecule has 0 aromatic carbocycles. The smallest absolute Gasteiger partial charge is 0.0936 e. The van der Waals surface area contributed by atoms with E-state index in [4.69, 9.17) is 5.11 Å². The lowest BCUT2D eigenvalue weighted by Crippen LogP contribution is -2.57. The number of quaternary nitrogens is 1. The number of hydrogen-bond donors (Lipinski definition) is 1. The van der Waals surface area contributed by atoms with E-state index in [-0.39, 0.29) is 5.54 Å². The Kier molecular flexibility index (Phi) is 4.81. The SMILES string of the molecule is CC(C)(C)CC(C)(C)[N+](C)(C)CCCO. The van der Waals surface area contributed by atoms with Crippen molar-refractivity contribution in [2.24, 2.45) is 5.41 Å². The molecule has 2 heteroatoms. The van der Waals surface area contributed by atoms with Crippen molar-refractivity contribution in [2.75, 3.05) is 27.2 Å². The maximum atomic E-state index is 8.92.